The summed E-state index contributed by atoms with van der Waals surface area (Å²) in [5, 5.41) is 8.97. The fourth-order valence-electron chi connectivity index (χ4n) is 1.79. The van der Waals surface area contributed by atoms with Crippen LogP contribution in [0.25, 0.3) is 6.08 Å². The number of aromatic carboxylic acids is 1. The summed E-state index contributed by atoms with van der Waals surface area (Å²) in [6.45, 7) is 2.40. The Balaban J connectivity index is 2.35. The molecule has 7 heteroatoms. The van der Waals surface area contributed by atoms with Crippen LogP contribution >= 0.6 is 24.0 Å². The van der Waals surface area contributed by atoms with Crippen LogP contribution in [0.15, 0.2) is 17.0 Å². The first-order chi connectivity index (χ1) is 8.95. The number of rotatable bonds is 3. The smallest absolute Gasteiger partial charge is 0.352 e. The maximum absolute atomic E-state index is 12.0. The first-order valence-corrected chi connectivity index (χ1v) is 6.82. The number of carboxylic acids is 1. The molecule has 5 nitrogen and oxygen atoms in total. The van der Waals surface area contributed by atoms with E-state index in [1.807, 2.05) is 6.92 Å². The van der Waals surface area contributed by atoms with Crippen LogP contribution in [0.1, 0.15) is 23.1 Å². The van der Waals surface area contributed by atoms with Crippen LogP contribution in [0.4, 0.5) is 0 Å². The summed E-state index contributed by atoms with van der Waals surface area (Å²) >= 11 is 6.35. The highest BCUT2D eigenvalue weighted by molar-refractivity contribution is 8.26. The minimum absolute atomic E-state index is 0.129. The van der Waals surface area contributed by atoms with E-state index < -0.39 is 5.97 Å². The molecule has 1 aliphatic rings. The van der Waals surface area contributed by atoms with Crippen molar-refractivity contribution in [3.63, 3.8) is 0 Å². The molecule has 1 aliphatic heterocycles. The second kappa shape index (κ2) is 5.18. The zero-order chi connectivity index (χ0) is 14.2. The molecular formula is C12H12N2O3S2. The van der Waals surface area contributed by atoms with Crippen molar-refractivity contribution >= 4 is 46.3 Å². The first-order valence-electron chi connectivity index (χ1n) is 5.60. The highest BCUT2D eigenvalue weighted by Crippen LogP contribution is 2.32. The monoisotopic (exact) mass is 296 g/mol. The SMILES string of the molecule is CCN1C(=O)C(=Cc2ccc(C(=O)O)n2C)SC1=S. The van der Waals surface area contributed by atoms with Gasteiger partial charge in [-0.25, -0.2) is 4.79 Å². The minimum Gasteiger partial charge on any atom is -0.477 e. The van der Waals surface area contributed by atoms with Gasteiger partial charge in [-0.2, -0.15) is 0 Å². The molecule has 2 rings (SSSR count). The van der Waals surface area contributed by atoms with E-state index in [-0.39, 0.29) is 11.6 Å². The number of carboxylic acid groups (broad SMARTS) is 1. The summed E-state index contributed by atoms with van der Waals surface area (Å²) in [6, 6.07) is 3.18. The Morgan fingerprint density at radius 1 is 1.53 bits per heavy atom. The van der Waals surface area contributed by atoms with Crippen LogP contribution in [0.2, 0.25) is 0 Å². The van der Waals surface area contributed by atoms with Crippen LogP contribution in [0.3, 0.4) is 0 Å². The lowest BCUT2D eigenvalue weighted by Crippen LogP contribution is -2.27. The average Bonchev–Trinajstić information content (AvgIpc) is 2.82. The van der Waals surface area contributed by atoms with Crippen molar-refractivity contribution in [2.75, 3.05) is 6.54 Å². The molecule has 1 aromatic heterocycles. The number of likely N-dealkylation sites (N-methyl/N-ethyl adjacent to an activating group) is 1. The van der Waals surface area contributed by atoms with E-state index in [0.29, 0.717) is 21.5 Å². The summed E-state index contributed by atoms with van der Waals surface area (Å²) in [6.07, 6.45) is 1.67. The number of thiocarbonyl (C=S) groups is 1. The Kier molecular flexibility index (Phi) is 3.77. The molecule has 0 unspecified atom stereocenters. The number of hydrogen-bond donors (Lipinski definition) is 1. The van der Waals surface area contributed by atoms with Crippen molar-refractivity contribution in [3.05, 3.63) is 28.4 Å². The molecule has 0 bridgehead atoms. The van der Waals surface area contributed by atoms with Crippen molar-refractivity contribution in [1.29, 1.82) is 0 Å². The lowest BCUT2D eigenvalue weighted by molar-refractivity contribution is -0.121. The van der Waals surface area contributed by atoms with Crippen molar-refractivity contribution < 1.29 is 14.7 Å². The Labute approximate surface area is 119 Å². The summed E-state index contributed by atoms with van der Waals surface area (Å²) in [5.41, 5.74) is 0.839. The topological polar surface area (TPSA) is 62.5 Å². The Morgan fingerprint density at radius 3 is 2.68 bits per heavy atom. The Morgan fingerprint density at radius 2 is 2.21 bits per heavy atom. The van der Waals surface area contributed by atoms with Gasteiger partial charge in [0, 0.05) is 19.3 Å². The number of hydrogen-bond acceptors (Lipinski definition) is 4. The molecule has 19 heavy (non-hydrogen) atoms. The maximum atomic E-state index is 12.0. The van der Waals surface area contributed by atoms with Gasteiger partial charge in [0.1, 0.15) is 10.0 Å². The number of carbonyl (C=O) groups excluding carboxylic acids is 1. The van der Waals surface area contributed by atoms with E-state index in [1.54, 1.807) is 19.2 Å². The molecule has 1 saturated heterocycles. The van der Waals surface area contributed by atoms with Gasteiger partial charge in [-0.05, 0) is 25.1 Å². The van der Waals surface area contributed by atoms with E-state index in [0.717, 1.165) is 0 Å². The van der Waals surface area contributed by atoms with E-state index in [4.69, 9.17) is 17.3 Å². The molecule has 1 N–H and O–H groups in total. The van der Waals surface area contributed by atoms with E-state index in [2.05, 4.69) is 0 Å². The molecule has 1 amide bonds. The molecule has 100 valence electrons. The molecule has 0 aliphatic carbocycles. The molecule has 1 aromatic rings. The van der Waals surface area contributed by atoms with Gasteiger partial charge in [-0.3, -0.25) is 9.69 Å². The van der Waals surface area contributed by atoms with Gasteiger partial charge in [0.15, 0.2) is 0 Å². The van der Waals surface area contributed by atoms with Gasteiger partial charge in [0.2, 0.25) is 0 Å². The summed E-state index contributed by atoms with van der Waals surface area (Å²) in [7, 11) is 1.65. The lowest BCUT2D eigenvalue weighted by atomic mass is 10.3. The second-order valence-corrected chi connectivity index (χ2v) is 5.61. The van der Waals surface area contributed by atoms with Gasteiger partial charge in [0.05, 0.1) is 4.91 Å². The Bertz CT molecular complexity index is 604. The zero-order valence-electron chi connectivity index (χ0n) is 10.4. The van der Waals surface area contributed by atoms with E-state index >= 15 is 0 Å². The van der Waals surface area contributed by atoms with E-state index in [9.17, 15) is 9.59 Å². The molecule has 0 atom stereocenters. The maximum Gasteiger partial charge on any atom is 0.352 e. The Hall–Kier alpha value is -1.60. The molecule has 0 radical (unpaired) electrons. The number of amides is 1. The molecular weight excluding hydrogens is 284 g/mol. The summed E-state index contributed by atoms with van der Waals surface area (Å²) in [4.78, 5) is 25.0. The number of nitrogens with zero attached hydrogens (tertiary/aromatic N) is 2. The number of aromatic nitrogens is 1. The van der Waals surface area contributed by atoms with Crippen molar-refractivity contribution in [1.82, 2.24) is 9.47 Å². The standard InChI is InChI=1S/C12H12N2O3S2/c1-3-14-10(15)9(19-12(14)18)6-7-4-5-8(11(16)17)13(7)2/h4-6H,3H2,1-2H3,(H,16,17). The molecule has 0 spiro atoms. The normalized spacial score (nSPS) is 17.6. The van der Waals surface area contributed by atoms with Crippen LogP contribution in [0, 0.1) is 0 Å². The number of thioether (sulfide) groups is 1. The van der Waals surface area contributed by atoms with Gasteiger partial charge < -0.3 is 9.67 Å². The van der Waals surface area contributed by atoms with Gasteiger partial charge >= 0.3 is 5.97 Å². The quantitative estimate of drug-likeness (QED) is 0.682. The van der Waals surface area contributed by atoms with Gasteiger partial charge in [0.25, 0.3) is 5.91 Å². The van der Waals surface area contributed by atoms with Gasteiger partial charge in [-0.15, -0.1) is 0 Å². The summed E-state index contributed by atoms with van der Waals surface area (Å²) in [5.74, 6) is -1.13. The van der Waals surface area contributed by atoms with Crippen LogP contribution in [0.5, 0.6) is 0 Å². The van der Waals surface area contributed by atoms with Gasteiger partial charge in [-0.1, -0.05) is 24.0 Å². The van der Waals surface area contributed by atoms with Crippen molar-refractivity contribution in [2.24, 2.45) is 7.05 Å². The molecule has 1 fully saturated rings. The third-order valence-corrected chi connectivity index (χ3v) is 4.23. The fraction of sp³-hybridized carbons (Fsp3) is 0.250. The highest BCUT2D eigenvalue weighted by Gasteiger charge is 2.30. The molecule has 2 heterocycles. The van der Waals surface area contributed by atoms with Crippen molar-refractivity contribution in [2.45, 2.75) is 6.92 Å². The van der Waals surface area contributed by atoms with Crippen LogP contribution in [-0.2, 0) is 11.8 Å². The minimum atomic E-state index is -0.997. The average molecular weight is 296 g/mol. The van der Waals surface area contributed by atoms with Crippen LogP contribution in [-0.4, -0.2) is 37.3 Å². The van der Waals surface area contributed by atoms with Crippen molar-refractivity contribution in [3.8, 4) is 0 Å². The van der Waals surface area contributed by atoms with E-state index in [1.165, 1.54) is 27.3 Å². The second-order valence-electron chi connectivity index (χ2n) is 3.93. The lowest BCUT2D eigenvalue weighted by Gasteiger charge is -2.09. The molecule has 0 saturated carbocycles. The van der Waals surface area contributed by atoms with Crippen LogP contribution < -0.4 is 0 Å². The zero-order valence-corrected chi connectivity index (χ0v) is 12.0. The largest absolute Gasteiger partial charge is 0.477 e. The summed E-state index contributed by atoms with van der Waals surface area (Å²) < 4.78 is 2.06. The highest BCUT2D eigenvalue weighted by atomic mass is 32.2. The third kappa shape index (κ3) is 2.43. The first kappa shape index (κ1) is 13.8. The third-order valence-electron chi connectivity index (χ3n) is 2.85. The predicted molar refractivity (Wildman–Crippen MR) is 77.9 cm³/mol. The molecule has 0 aromatic carbocycles. The number of carbonyl (C=O) groups is 2. The fourth-order valence-corrected chi connectivity index (χ4v) is 3.16. The predicted octanol–water partition coefficient (Wildman–Crippen LogP) is 1.94.